The fourth-order valence-electron chi connectivity index (χ4n) is 1.52. The molecule has 0 atom stereocenters. The molecule has 0 spiro atoms. The van der Waals surface area contributed by atoms with E-state index in [1.807, 2.05) is 13.8 Å². The molecule has 0 saturated carbocycles. The van der Waals surface area contributed by atoms with Crippen LogP contribution in [0.15, 0.2) is 18.3 Å². The van der Waals surface area contributed by atoms with Gasteiger partial charge in [-0.2, -0.15) is 0 Å². The highest BCUT2D eigenvalue weighted by atomic mass is 19.1. The third-order valence-corrected chi connectivity index (χ3v) is 2.25. The Bertz CT molecular complexity index is 445. The number of imidazole rings is 1. The van der Waals surface area contributed by atoms with Gasteiger partial charge < -0.3 is 4.40 Å². The van der Waals surface area contributed by atoms with Gasteiger partial charge in [-0.05, 0) is 25.5 Å². The minimum Gasteiger partial charge on any atom is -0.301 e. The molecule has 2 rings (SSSR count). The van der Waals surface area contributed by atoms with Crippen LogP contribution in [0.1, 0.15) is 18.3 Å². The molecule has 0 bridgehead atoms. The highest BCUT2D eigenvalue weighted by molar-refractivity contribution is 5.42. The Morgan fingerprint density at radius 2 is 2.23 bits per heavy atom. The first kappa shape index (κ1) is 8.23. The molecule has 0 radical (unpaired) electrons. The molecule has 0 fully saturated rings. The van der Waals surface area contributed by atoms with Gasteiger partial charge in [0.15, 0.2) is 0 Å². The van der Waals surface area contributed by atoms with Crippen LogP contribution in [0, 0.1) is 12.7 Å². The predicted molar refractivity (Wildman–Crippen MR) is 49.3 cm³/mol. The van der Waals surface area contributed by atoms with Crippen molar-refractivity contribution in [1.82, 2.24) is 9.38 Å². The van der Waals surface area contributed by atoms with Crippen LogP contribution >= 0.6 is 0 Å². The van der Waals surface area contributed by atoms with Crippen molar-refractivity contribution in [2.45, 2.75) is 20.3 Å². The molecule has 0 aliphatic rings. The third kappa shape index (κ3) is 1.20. The van der Waals surface area contributed by atoms with Gasteiger partial charge in [-0.25, -0.2) is 9.37 Å². The van der Waals surface area contributed by atoms with Crippen molar-refractivity contribution in [1.29, 1.82) is 0 Å². The van der Waals surface area contributed by atoms with Crippen molar-refractivity contribution in [3.8, 4) is 0 Å². The molecule has 2 aromatic heterocycles. The van der Waals surface area contributed by atoms with E-state index < -0.39 is 0 Å². The first-order valence-corrected chi connectivity index (χ1v) is 4.35. The van der Waals surface area contributed by atoms with Crippen molar-refractivity contribution in [2.75, 3.05) is 0 Å². The average molecular weight is 178 g/mol. The molecular formula is C10H11FN2. The Hall–Kier alpha value is -1.38. The maximum Gasteiger partial charge on any atom is 0.139 e. The first-order chi connectivity index (χ1) is 6.22. The zero-order valence-corrected chi connectivity index (χ0v) is 7.71. The van der Waals surface area contributed by atoms with Crippen molar-refractivity contribution in [3.63, 3.8) is 0 Å². The normalized spacial score (nSPS) is 11.0. The monoisotopic (exact) mass is 178 g/mol. The van der Waals surface area contributed by atoms with E-state index in [9.17, 15) is 4.39 Å². The molecule has 3 heteroatoms. The fraction of sp³-hybridized carbons (Fsp3) is 0.300. The second kappa shape index (κ2) is 2.83. The van der Waals surface area contributed by atoms with E-state index in [4.69, 9.17) is 0 Å². The zero-order valence-electron chi connectivity index (χ0n) is 7.71. The van der Waals surface area contributed by atoms with Crippen molar-refractivity contribution < 1.29 is 4.39 Å². The number of pyridine rings is 1. The summed E-state index contributed by atoms with van der Waals surface area (Å²) >= 11 is 0. The highest BCUT2D eigenvalue weighted by Gasteiger charge is 2.05. The Morgan fingerprint density at radius 3 is 2.92 bits per heavy atom. The number of hydrogen-bond donors (Lipinski definition) is 0. The summed E-state index contributed by atoms with van der Waals surface area (Å²) < 4.78 is 14.7. The summed E-state index contributed by atoms with van der Waals surface area (Å²) in [7, 11) is 0. The van der Waals surface area contributed by atoms with Crippen LogP contribution in [0.3, 0.4) is 0 Å². The molecule has 2 aromatic rings. The molecule has 13 heavy (non-hydrogen) atoms. The Morgan fingerprint density at radius 1 is 1.46 bits per heavy atom. The summed E-state index contributed by atoms with van der Waals surface area (Å²) in [5.41, 5.74) is 2.87. The van der Waals surface area contributed by atoms with Gasteiger partial charge in [-0.15, -0.1) is 0 Å². The van der Waals surface area contributed by atoms with Gasteiger partial charge >= 0.3 is 0 Å². The number of halogens is 1. The third-order valence-electron chi connectivity index (χ3n) is 2.25. The van der Waals surface area contributed by atoms with Crippen molar-refractivity contribution >= 4 is 5.65 Å². The van der Waals surface area contributed by atoms with Gasteiger partial charge in [-0.1, -0.05) is 6.92 Å². The molecule has 0 aliphatic carbocycles. The lowest BCUT2D eigenvalue weighted by molar-refractivity contribution is 0.618. The van der Waals surface area contributed by atoms with Crippen LogP contribution < -0.4 is 0 Å². The molecule has 0 saturated heterocycles. The Labute approximate surface area is 76.0 Å². The second-order valence-corrected chi connectivity index (χ2v) is 3.07. The molecule has 2 nitrogen and oxygen atoms in total. The number of aromatic nitrogens is 2. The van der Waals surface area contributed by atoms with Gasteiger partial charge in [-0.3, -0.25) is 0 Å². The summed E-state index contributed by atoms with van der Waals surface area (Å²) in [5.74, 6) is -0.226. The fourth-order valence-corrected chi connectivity index (χ4v) is 1.52. The van der Waals surface area contributed by atoms with E-state index in [1.165, 1.54) is 12.3 Å². The smallest absolute Gasteiger partial charge is 0.139 e. The van der Waals surface area contributed by atoms with Crippen molar-refractivity contribution in [2.24, 2.45) is 0 Å². The molecule has 0 amide bonds. The van der Waals surface area contributed by atoms with E-state index in [2.05, 4.69) is 4.98 Å². The Balaban J connectivity index is 2.77. The number of hydrogen-bond acceptors (Lipinski definition) is 1. The van der Waals surface area contributed by atoms with E-state index >= 15 is 0 Å². The van der Waals surface area contributed by atoms with Crippen LogP contribution in [-0.2, 0) is 6.42 Å². The van der Waals surface area contributed by atoms with Gasteiger partial charge in [0.2, 0.25) is 0 Å². The van der Waals surface area contributed by atoms with E-state index in [0.29, 0.717) is 0 Å². The lowest BCUT2D eigenvalue weighted by atomic mass is 10.3. The van der Waals surface area contributed by atoms with Crippen LogP contribution in [0.2, 0.25) is 0 Å². The number of fused-ring (bicyclic) bond motifs is 1. The number of aryl methyl sites for hydroxylation is 2. The maximum absolute atomic E-state index is 12.9. The Kier molecular flexibility index (Phi) is 1.79. The minimum atomic E-state index is -0.226. The van der Waals surface area contributed by atoms with Gasteiger partial charge in [0.1, 0.15) is 11.5 Å². The predicted octanol–water partition coefficient (Wildman–Crippen LogP) is 2.34. The molecule has 0 unspecified atom stereocenters. The summed E-state index contributed by atoms with van der Waals surface area (Å²) in [6.45, 7) is 4.00. The first-order valence-electron chi connectivity index (χ1n) is 4.35. The van der Waals surface area contributed by atoms with Crippen LogP contribution in [0.4, 0.5) is 4.39 Å². The molecule has 0 N–H and O–H groups in total. The van der Waals surface area contributed by atoms with Gasteiger partial charge in [0, 0.05) is 11.9 Å². The number of rotatable bonds is 1. The van der Waals surface area contributed by atoms with E-state index in [1.54, 1.807) is 10.5 Å². The van der Waals surface area contributed by atoms with Crippen LogP contribution in [0.25, 0.3) is 5.65 Å². The molecule has 2 heterocycles. The summed E-state index contributed by atoms with van der Waals surface area (Å²) in [4.78, 5) is 4.37. The zero-order chi connectivity index (χ0) is 9.42. The molecule has 0 aromatic carbocycles. The standard InChI is InChI=1S/C10H11FN2/c1-3-9-7(2)13-6-8(11)4-5-10(13)12-9/h4-6H,3H2,1-2H3. The summed E-state index contributed by atoms with van der Waals surface area (Å²) in [6.07, 6.45) is 2.35. The van der Waals surface area contributed by atoms with Crippen LogP contribution in [-0.4, -0.2) is 9.38 Å². The van der Waals surface area contributed by atoms with E-state index in [-0.39, 0.29) is 5.82 Å². The topological polar surface area (TPSA) is 17.3 Å². The largest absolute Gasteiger partial charge is 0.301 e. The summed E-state index contributed by atoms with van der Waals surface area (Å²) in [6, 6.07) is 3.13. The number of nitrogens with zero attached hydrogens (tertiary/aromatic N) is 2. The van der Waals surface area contributed by atoms with Gasteiger partial charge in [0.25, 0.3) is 0 Å². The van der Waals surface area contributed by atoms with Crippen molar-refractivity contribution in [3.05, 3.63) is 35.5 Å². The maximum atomic E-state index is 12.9. The summed E-state index contributed by atoms with van der Waals surface area (Å²) in [5, 5.41) is 0. The quantitative estimate of drug-likeness (QED) is 0.655. The second-order valence-electron chi connectivity index (χ2n) is 3.07. The molecule has 68 valence electrons. The lowest BCUT2D eigenvalue weighted by Crippen LogP contribution is -1.89. The lowest BCUT2D eigenvalue weighted by Gasteiger charge is -1.95. The minimum absolute atomic E-state index is 0.226. The SMILES string of the molecule is CCc1nc2ccc(F)cn2c1C. The van der Waals surface area contributed by atoms with Gasteiger partial charge in [0.05, 0.1) is 5.69 Å². The molecule has 0 aliphatic heterocycles. The van der Waals surface area contributed by atoms with E-state index in [0.717, 1.165) is 23.5 Å². The highest BCUT2D eigenvalue weighted by Crippen LogP contribution is 2.12. The van der Waals surface area contributed by atoms with Crippen LogP contribution in [0.5, 0.6) is 0 Å². The average Bonchev–Trinajstić information content (AvgIpc) is 2.44. The molecular weight excluding hydrogens is 167 g/mol.